The van der Waals surface area contributed by atoms with Gasteiger partial charge in [-0.15, -0.1) is 0 Å². The van der Waals surface area contributed by atoms with Gasteiger partial charge in [0.25, 0.3) is 0 Å². The number of piperidine rings is 1. The van der Waals surface area contributed by atoms with E-state index in [0.717, 1.165) is 36.3 Å². The van der Waals surface area contributed by atoms with E-state index in [-0.39, 0.29) is 5.92 Å². The second-order valence-electron chi connectivity index (χ2n) is 6.12. The van der Waals surface area contributed by atoms with E-state index >= 15 is 0 Å². The van der Waals surface area contributed by atoms with Crippen LogP contribution in [-0.4, -0.2) is 51.6 Å². The zero-order valence-corrected chi connectivity index (χ0v) is 14.2. The molecule has 1 saturated heterocycles. The molecule has 0 N–H and O–H groups in total. The number of imidazole rings is 1. The van der Waals surface area contributed by atoms with Gasteiger partial charge in [0, 0.05) is 26.3 Å². The highest BCUT2D eigenvalue weighted by atomic mass is 32.2. The molecule has 3 rings (SSSR count). The Morgan fingerprint density at radius 3 is 2.78 bits per heavy atom. The summed E-state index contributed by atoms with van der Waals surface area (Å²) in [5, 5.41) is 0. The first-order valence-corrected chi connectivity index (χ1v) is 9.51. The van der Waals surface area contributed by atoms with Crippen LogP contribution in [0.15, 0.2) is 24.9 Å². The summed E-state index contributed by atoms with van der Waals surface area (Å²) in [5.74, 6) is 0.287. The van der Waals surface area contributed by atoms with Crippen molar-refractivity contribution in [1.29, 1.82) is 0 Å². The van der Waals surface area contributed by atoms with Crippen molar-refractivity contribution in [3.63, 3.8) is 0 Å². The highest BCUT2D eigenvalue weighted by molar-refractivity contribution is 7.88. The lowest BCUT2D eigenvalue weighted by atomic mass is 9.95. The standard InChI is InChI=1S/C15H21N5O2S/c1-19-11-17-9-15(19)14-8-16-7-13(18-14)6-12-4-3-5-20(10-12)23(2,21)22/h7-9,11-12H,3-6,10H2,1-2H3/t12-/m0/s1. The molecule has 0 aromatic carbocycles. The van der Waals surface area contributed by atoms with Crippen molar-refractivity contribution in [2.45, 2.75) is 19.3 Å². The monoisotopic (exact) mass is 335 g/mol. The molecule has 124 valence electrons. The molecule has 0 aliphatic carbocycles. The van der Waals surface area contributed by atoms with Crippen LogP contribution < -0.4 is 0 Å². The summed E-state index contributed by atoms with van der Waals surface area (Å²) in [5.41, 5.74) is 2.60. The van der Waals surface area contributed by atoms with Crippen LogP contribution in [0.5, 0.6) is 0 Å². The fraction of sp³-hybridized carbons (Fsp3) is 0.533. The predicted octanol–water partition coefficient (Wildman–Crippen LogP) is 1.09. The van der Waals surface area contributed by atoms with Crippen molar-refractivity contribution >= 4 is 10.0 Å². The molecule has 2 aromatic heterocycles. The molecule has 0 radical (unpaired) electrons. The van der Waals surface area contributed by atoms with Gasteiger partial charge in [-0.1, -0.05) is 0 Å². The summed E-state index contributed by atoms with van der Waals surface area (Å²) in [6.45, 7) is 1.19. The van der Waals surface area contributed by atoms with Crippen molar-refractivity contribution in [1.82, 2.24) is 23.8 Å². The van der Waals surface area contributed by atoms with Crippen LogP contribution in [-0.2, 0) is 23.5 Å². The van der Waals surface area contributed by atoms with Crippen LogP contribution in [0.1, 0.15) is 18.5 Å². The minimum atomic E-state index is -3.11. The molecule has 0 unspecified atom stereocenters. The Bertz CT molecular complexity index is 787. The molecule has 0 saturated carbocycles. The highest BCUT2D eigenvalue weighted by Gasteiger charge is 2.26. The average Bonchev–Trinajstić information content (AvgIpc) is 2.93. The van der Waals surface area contributed by atoms with Crippen molar-refractivity contribution < 1.29 is 8.42 Å². The van der Waals surface area contributed by atoms with Crippen molar-refractivity contribution in [2.75, 3.05) is 19.3 Å². The third-order valence-corrected chi connectivity index (χ3v) is 5.48. The molecule has 23 heavy (non-hydrogen) atoms. The Balaban J connectivity index is 1.75. The molecule has 8 heteroatoms. The molecule has 0 spiro atoms. The SMILES string of the molecule is Cn1cncc1-c1cncc(C[C@@H]2CCCN(S(C)(=O)=O)C2)n1. The largest absolute Gasteiger partial charge is 0.332 e. The number of rotatable bonds is 4. The van der Waals surface area contributed by atoms with Crippen LogP contribution in [0.3, 0.4) is 0 Å². The molecule has 1 aliphatic heterocycles. The lowest BCUT2D eigenvalue weighted by Gasteiger charge is -2.30. The van der Waals surface area contributed by atoms with Crippen LogP contribution in [0.4, 0.5) is 0 Å². The molecule has 2 aromatic rings. The lowest BCUT2D eigenvalue weighted by molar-refractivity contribution is 0.265. The summed E-state index contributed by atoms with van der Waals surface area (Å²) in [7, 11) is -1.20. The summed E-state index contributed by atoms with van der Waals surface area (Å²) in [4.78, 5) is 13.0. The van der Waals surface area contributed by atoms with Gasteiger partial charge in [0.05, 0.1) is 36.4 Å². The van der Waals surface area contributed by atoms with Crippen LogP contribution in [0, 0.1) is 5.92 Å². The van der Waals surface area contributed by atoms with Crippen LogP contribution >= 0.6 is 0 Å². The first-order chi connectivity index (χ1) is 10.9. The van der Waals surface area contributed by atoms with Gasteiger partial charge in [-0.05, 0) is 25.2 Å². The maximum absolute atomic E-state index is 11.7. The predicted molar refractivity (Wildman–Crippen MR) is 87.1 cm³/mol. The molecule has 1 aliphatic rings. The molecule has 0 bridgehead atoms. The van der Waals surface area contributed by atoms with E-state index in [1.54, 1.807) is 29.2 Å². The molecule has 0 amide bonds. The summed E-state index contributed by atoms with van der Waals surface area (Å²) in [6, 6.07) is 0. The Morgan fingerprint density at radius 1 is 1.26 bits per heavy atom. The smallest absolute Gasteiger partial charge is 0.211 e. The summed E-state index contributed by atoms with van der Waals surface area (Å²) in [6.07, 6.45) is 10.9. The number of hydrogen-bond donors (Lipinski definition) is 0. The first kappa shape index (κ1) is 16.1. The van der Waals surface area contributed by atoms with Gasteiger partial charge in [-0.3, -0.25) is 4.98 Å². The lowest BCUT2D eigenvalue weighted by Crippen LogP contribution is -2.39. The number of nitrogens with zero attached hydrogens (tertiary/aromatic N) is 5. The zero-order valence-electron chi connectivity index (χ0n) is 13.4. The maximum Gasteiger partial charge on any atom is 0.211 e. The van der Waals surface area contributed by atoms with E-state index < -0.39 is 10.0 Å². The van der Waals surface area contributed by atoms with Gasteiger partial charge in [-0.2, -0.15) is 0 Å². The maximum atomic E-state index is 11.7. The Hall–Kier alpha value is -1.80. The van der Waals surface area contributed by atoms with Gasteiger partial charge in [0.2, 0.25) is 10.0 Å². The zero-order chi connectivity index (χ0) is 16.4. The summed E-state index contributed by atoms with van der Waals surface area (Å²) >= 11 is 0. The third kappa shape index (κ3) is 3.76. The Kier molecular flexibility index (Phi) is 4.45. The molecule has 1 atom stereocenters. The average molecular weight is 335 g/mol. The van der Waals surface area contributed by atoms with E-state index in [9.17, 15) is 8.42 Å². The molecule has 7 nitrogen and oxygen atoms in total. The molecular formula is C15H21N5O2S. The van der Waals surface area contributed by atoms with Gasteiger partial charge in [0.15, 0.2) is 0 Å². The van der Waals surface area contributed by atoms with Crippen molar-refractivity contribution in [2.24, 2.45) is 13.0 Å². The van der Waals surface area contributed by atoms with Crippen LogP contribution in [0.25, 0.3) is 11.4 Å². The first-order valence-electron chi connectivity index (χ1n) is 7.66. The normalized spacial score (nSPS) is 19.8. The van der Waals surface area contributed by atoms with Crippen LogP contribution in [0.2, 0.25) is 0 Å². The quantitative estimate of drug-likeness (QED) is 0.835. The van der Waals surface area contributed by atoms with E-state index in [1.165, 1.54) is 6.26 Å². The fourth-order valence-electron chi connectivity index (χ4n) is 3.02. The third-order valence-electron chi connectivity index (χ3n) is 4.21. The highest BCUT2D eigenvalue weighted by Crippen LogP contribution is 2.22. The van der Waals surface area contributed by atoms with Gasteiger partial charge >= 0.3 is 0 Å². The second-order valence-corrected chi connectivity index (χ2v) is 8.10. The summed E-state index contributed by atoms with van der Waals surface area (Å²) < 4.78 is 26.9. The van der Waals surface area contributed by atoms with E-state index in [2.05, 4.69) is 15.0 Å². The fourth-order valence-corrected chi connectivity index (χ4v) is 3.96. The number of sulfonamides is 1. The minimum Gasteiger partial charge on any atom is -0.332 e. The topological polar surface area (TPSA) is 81.0 Å². The number of aryl methyl sites for hydroxylation is 1. The Labute approximate surface area is 136 Å². The second kappa shape index (κ2) is 6.37. The van der Waals surface area contributed by atoms with E-state index in [0.29, 0.717) is 13.1 Å². The van der Waals surface area contributed by atoms with Crippen molar-refractivity contribution in [3.05, 3.63) is 30.6 Å². The van der Waals surface area contributed by atoms with E-state index in [4.69, 9.17) is 0 Å². The Morgan fingerprint density at radius 2 is 2.09 bits per heavy atom. The molecule has 3 heterocycles. The van der Waals surface area contributed by atoms with Crippen molar-refractivity contribution in [3.8, 4) is 11.4 Å². The molecule has 1 fully saturated rings. The minimum absolute atomic E-state index is 0.287. The van der Waals surface area contributed by atoms with Gasteiger partial charge in [-0.25, -0.2) is 22.7 Å². The number of aromatic nitrogens is 4. The van der Waals surface area contributed by atoms with E-state index in [1.807, 2.05) is 11.6 Å². The van der Waals surface area contributed by atoms with Gasteiger partial charge in [0.1, 0.15) is 5.69 Å². The van der Waals surface area contributed by atoms with Gasteiger partial charge < -0.3 is 4.57 Å². The number of hydrogen-bond acceptors (Lipinski definition) is 5. The molecular weight excluding hydrogens is 314 g/mol.